The largest absolute Gasteiger partial charge is 0.416 e. The summed E-state index contributed by atoms with van der Waals surface area (Å²) in [5.41, 5.74) is 10.1. The Morgan fingerprint density at radius 3 is 2.64 bits per heavy atom. The quantitative estimate of drug-likeness (QED) is 0.588. The number of benzene rings is 1. The van der Waals surface area contributed by atoms with E-state index in [0.717, 1.165) is 18.5 Å². The lowest BCUT2D eigenvalue weighted by atomic mass is 9.88. The molecule has 2 saturated heterocycles. The van der Waals surface area contributed by atoms with Gasteiger partial charge in [0.1, 0.15) is 12.0 Å². The van der Waals surface area contributed by atoms with Gasteiger partial charge in [-0.25, -0.2) is 15.0 Å². The fraction of sp³-hybridized carbons (Fsp3) is 0.409. The van der Waals surface area contributed by atoms with E-state index in [2.05, 4.69) is 15.0 Å². The maximum absolute atomic E-state index is 14.6. The van der Waals surface area contributed by atoms with Crippen LogP contribution < -0.4 is 16.4 Å². The first-order valence-electron chi connectivity index (χ1n) is 11.0. The van der Waals surface area contributed by atoms with E-state index in [-0.39, 0.29) is 60.5 Å². The van der Waals surface area contributed by atoms with Gasteiger partial charge in [-0.2, -0.15) is 17.6 Å². The molecular formula is C22H22ClF4N7O2. The van der Waals surface area contributed by atoms with Crippen molar-refractivity contribution >= 4 is 46.5 Å². The Morgan fingerprint density at radius 2 is 1.94 bits per heavy atom. The predicted octanol–water partition coefficient (Wildman–Crippen LogP) is 2.95. The molecule has 192 valence electrons. The van der Waals surface area contributed by atoms with Crippen LogP contribution in [0.25, 0.3) is 0 Å². The van der Waals surface area contributed by atoms with Gasteiger partial charge in [-0.15, -0.1) is 0 Å². The fourth-order valence-electron chi connectivity index (χ4n) is 4.54. The number of anilines is 2. The number of primary amides is 1. The maximum atomic E-state index is 14.6. The van der Waals surface area contributed by atoms with Crippen LogP contribution in [0.5, 0.6) is 0 Å². The van der Waals surface area contributed by atoms with Gasteiger partial charge in [0.2, 0.25) is 11.7 Å². The van der Waals surface area contributed by atoms with Crippen molar-refractivity contribution in [1.82, 2.24) is 14.9 Å². The number of nitrogens with zero attached hydrogens (tertiary/aromatic N) is 5. The number of halogens is 5. The van der Waals surface area contributed by atoms with Crippen molar-refractivity contribution in [2.75, 3.05) is 30.3 Å². The topological polar surface area (TPSA) is 131 Å². The van der Waals surface area contributed by atoms with E-state index >= 15 is 0 Å². The molecule has 9 nitrogen and oxygen atoms in total. The summed E-state index contributed by atoms with van der Waals surface area (Å²) in [6.45, 7) is 0.538. The molecule has 14 heteroatoms. The Kier molecular flexibility index (Phi) is 7.03. The number of hydrogen-bond donors (Lipinski definition) is 2. The zero-order valence-electron chi connectivity index (χ0n) is 18.8. The lowest BCUT2D eigenvalue weighted by Crippen LogP contribution is -2.60. The van der Waals surface area contributed by atoms with E-state index in [9.17, 15) is 27.2 Å². The Balaban J connectivity index is 1.64. The van der Waals surface area contributed by atoms with Gasteiger partial charge < -0.3 is 21.3 Å². The second-order valence-corrected chi connectivity index (χ2v) is 9.00. The number of carbonyl (C=O) groups is 2. The highest BCUT2D eigenvalue weighted by Crippen LogP contribution is 2.35. The standard InChI is InChI=1S/C22H22ClF4N7O2/c23-12-6-11(22(25,26)27)7-13(8-12)32-15-2-1-4-34(21(15)36)16-9-33(5-3-14(16)19(29)35)20-17(24)18(28)30-10-31-20/h6-8,10,14,16H,1-5,9H2,(H2,29,35)(H2,28,30,31)/t14-,16-/m1/s1. The van der Waals surface area contributed by atoms with E-state index < -0.39 is 41.3 Å². The first kappa shape index (κ1) is 25.6. The number of aliphatic imine (C=N–C) groups is 1. The minimum atomic E-state index is -4.64. The van der Waals surface area contributed by atoms with E-state index in [1.54, 1.807) is 4.90 Å². The highest BCUT2D eigenvalue weighted by molar-refractivity contribution is 6.40. The van der Waals surface area contributed by atoms with Gasteiger partial charge in [0.05, 0.1) is 23.2 Å². The molecule has 3 heterocycles. The summed E-state index contributed by atoms with van der Waals surface area (Å²) in [4.78, 5) is 40.3. The minimum absolute atomic E-state index is 0.0226. The molecule has 2 aliphatic rings. The molecular weight excluding hydrogens is 506 g/mol. The van der Waals surface area contributed by atoms with Gasteiger partial charge in [0.15, 0.2) is 11.6 Å². The normalized spacial score (nSPS) is 22.2. The summed E-state index contributed by atoms with van der Waals surface area (Å²) < 4.78 is 54.1. The number of likely N-dealkylation sites (tertiary alicyclic amines) is 1. The molecule has 0 radical (unpaired) electrons. The van der Waals surface area contributed by atoms with Crippen molar-refractivity contribution in [3.05, 3.63) is 40.9 Å². The highest BCUT2D eigenvalue weighted by atomic mass is 35.5. The predicted molar refractivity (Wildman–Crippen MR) is 124 cm³/mol. The first-order chi connectivity index (χ1) is 17.0. The average molecular weight is 528 g/mol. The van der Waals surface area contributed by atoms with Crippen molar-refractivity contribution in [2.24, 2.45) is 16.6 Å². The molecule has 2 fully saturated rings. The Hall–Kier alpha value is -3.48. The number of aromatic nitrogens is 2. The third-order valence-electron chi connectivity index (χ3n) is 6.24. The van der Waals surface area contributed by atoms with Gasteiger partial charge >= 0.3 is 6.18 Å². The van der Waals surface area contributed by atoms with Crippen LogP contribution in [0.3, 0.4) is 0 Å². The summed E-state index contributed by atoms with van der Waals surface area (Å²) in [5.74, 6) is -3.11. The van der Waals surface area contributed by atoms with Crippen molar-refractivity contribution < 1.29 is 27.2 Å². The Morgan fingerprint density at radius 1 is 1.19 bits per heavy atom. The average Bonchev–Trinajstić information content (AvgIpc) is 2.81. The number of piperidine rings is 2. The number of alkyl halides is 3. The second-order valence-electron chi connectivity index (χ2n) is 8.56. The number of nitrogens with two attached hydrogens (primary N) is 2. The fourth-order valence-corrected chi connectivity index (χ4v) is 4.76. The molecule has 0 bridgehead atoms. The van der Waals surface area contributed by atoms with Crippen LogP contribution in [0.1, 0.15) is 24.8 Å². The molecule has 4 rings (SSSR count). The molecule has 2 atom stereocenters. The van der Waals surface area contributed by atoms with Crippen molar-refractivity contribution in [1.29, 1.82) is 0 Å². The molecule has 4 N–H and O–H groups in total. The van der Waals surface area contributed by atoms with E-state index in [0.29, 0.717) is 6.42 Å². The van der Waals surface area contributed by atoms with Crippen LogP contribution in [-0.4, -0.2) is 58.1 Å². The lowest BCUT2D eigenvalue weighted by Gasteiger charge is -2.44. The smallest absolute Gasteiger partial charge is 0.381 e. The third kappa shape index (κ3) is 5.20. The number of amides is 2. The van der Waals surface area contributed by atoms with Gasteiger partial charge in [-0.3, -0.25) is 9.59 Å². The zero-order chi connectivity index (χ0) is 26.2. The van der Waals surface area contributed by atoms with Crippen LogP contribution >= 0.6 is 11.6 Å². The molecule has 2 aliphatic heterocycles. The van der Waals surface area contributed by atoms with E-state index in [4.69, 9.17) is 23.1 Å². The molecule has 0 spiro atoms. The molecule has 0 saturated carbocycles. The van der Waals surface area contributed by atoms with Gasteiger partial charge in [0, 0.05) is 24.7 Å². The van der Waals surface area contributed by atoms with Crippen LogP contribution in [0.2, 0.25) is 5.02 Å². The lowest BCUT2D eigenvalue weighted by molar-refractivity contribution is -0.137. The van der Waals surface area contributed by atoms with Crippen LogP contribution in [0, 0.1) is 11.7 Å². The third-order valence-corrected chi connectivity index (χ3v) is 6.46. The van der Waals surface area contributed by atoms with Gasteiger partial charge in [-0.1, -0.05) is 11.6 Å². The van der Waals surface area contributed by atoms with Gasteiger partial charge in [0.25, 0.3) is 5.91 Å². The van der Waals surface area contributed by atoms with Crippen molar-refractivity contribution in [2.45, 2.75) is 31.5 Å². The van der Waals surface area contributed by atoms with Crippen molar-refractivity contribution in [3.8, 4) is 0 Å². The monoisotopic (exact) mass is 527 g/mol. The number of hydrogen-bond acceptors (Lipinski definition) is 7. The molecule has 1 aromatic heterocycles. The zero-order valence-corrected chi connectivity index (χ0v) is 19.6. The number of nitrogen functional groups attached to an aromatic ring is 1. The number of carbonyl (C=O) groups excluding carboxylic acids is 2. The summed E-state index contributed by atoms with van der Waals surface area (Å²) in [5, 5.41) is -0.174. The number of rotatable bonds is 4. The van der Waals surface area contributed by atoms with Crippen molar-refractivity contribution in [3.63, 3.8) is 0 Å². The summed E-state index contributed by atoms with van der Waals surface area (Å²) in [7, 11) is 0. The summed E-state index contributed by atoms with van der Waals surface area (Å²) in [6.07, 6.45) is -2.63. The molecule has 1 aromatic carbocycles. The van der Waals surface area contributed by atoms with Crippen LogP contribution in [0.15, 0.2) is 29.5 Å². The SMILES string of the molecule is NC(=O)[C@@H]1CCN(c2ncnc(N)c2F)C[C@H]1N1CCCC(=Nc2cc(Cl)cc(C(F)(F)F)c2)C1=O. The molecule has 0 unspecified atom stereocenters. The summed E-state index contributed by atoms with van der Waals surface area (Å²) in [6, 6.07) is 2.07. The van der Waals surface area contributed by atoms with E-state index in [1.165, 1.54) is 11.0 Å². The maximum Gasteiger partial charge on any atom is 0.416 e. The molecule has 2 aromatic rings. The minimum Gasteiger partial charge on any atom is -0.381 e. The first-order valence-corrected chi connectivity index (χ1v) is 11.4. The molecule has 36 heavy (non-hydrogen) atoms. The summed E-state index contributed by atoms with van der Waals surface area (Å²) >= 11 is 5.84. The van der Waals surface area contributed by atoms with Gasteiger partial charge in [-0.05, 0) is 37.5 Å². The molecule has 0 aliphatic carbocycles. The Labute approximate surface area is 208 Å². The van der Waals surface area contributed by atoms with Crippen LogP contribution in [-0.2, 0) is 15.8 Å². The Bertz CT molecular complexity index is 1220. The van der Waals surface area contributed by atoms with Crippen LogP contribution in [0.4, 0.5) is 34.9 Å². The molecule has 2 amide bonds. The highest BCUT2D eigenvalue weighted by Gasteiger charge is 2.42. The van der Waals surface area contributed by atoms with E-state index in [1.807, 2.05) is 0 Å². The second kappa shape index (κ2) is 9.88.